The molecule has 0 saturated carbocycles. The number of esters is 1. The molecule has 7 heteroatoms. The molecule has 1 aliphatic rings. The first-order valence-electron chi connectivity index (χ1n) is 9.45. The van der Waals surface area contributed by atoms with E-state index in [1.54, 1.807) is 29.3 Å². The zero-order valence-corrected chi connectivity index (χ0v) is 16.1. The highest BCUT2D eigenvalue weighted by Crippen LogP contribution is 2.29. The van der Waals surface area contributed by atoms with E-state index in [1.807, 2.05) is 41.9 Å². The van der Waals surface area contributed by atoms with Crippen molar-refractivity contribution in [2.45, 2.75) is 12.8 Å². The van der Waals surface area contributed by atoms with Gasteiger partial charge in [0.05, 0.1) is 16.9 Å². The standard InChI is InChI=1S/C22H21N3O4/c1-24-13-16(15-7-2-4-9-18(15)24)22(28)29-14-20(26)23-17-8-3-5-10-19(17)25-12-6-11-21(25)27/h2-5,7-10,13H,6,11-12,14H2,1H3,(H,23,26). The number of nitrogens with one attached hydrogen (secondary N) is 1. The van der Waals surface area contributed by atoms with Crippen LogP contribution in [0.25, 0.3) is 10.9 Å². The van der Waals surface area contributed by atoms with Crippen LogP contribution in [0.2, 0.25) is 0 Å². The zero-order chi connectivity index (χ0) is 20.4. The monoisotopic (exact) mass is 391 g/mol. The van der Waals surface area contributed by atoms with Gasteiger partial charge in [-0.2, -0.15) is 0 Å². The molecule has 7 nitrogen and oxygen atoms in total. The lowest BCUT2D eigenvalue weighted by atomic mass is 10.2. The number of para-hydroxylation sites is 3. The quantitative estimate of drug-likeness (QED) is 0.678. The van der Waals surface area contributed by atoms with E-state index in [0.717, 1.165) is 17.3 Å². The second-order valence-corrected chi connectivity index (χ2v) is 6.96. The molecule has 0 bridgehead atoms. The molecule has 1 N–H and O–H groups in total. The van der Waals surface area contributed by atoms with E-state index in [4.69, 9.17) is 4.74 Å². The molecule has 148 valence electrons. The van der Waals surface area contributed by atoms with Crippen molar-refractivity contribution in [2.24, 2.45) is 7.05 Å². The highest BCUT2D eigenvalue weighted by molar-refractivity contribution is 6.06. The van der Waals surface area contributed by atoms with Crippen LogP contribution in [-0.4, -0.2) is 35.5 Å². The van der Waals surface area contributed by atoms with Crippen LogP contribution in [0.1, 0.15) is 23.2 Å². The maximum Gasteiger partial charge on any atom is 0.340 e. The summed E-state index contributed by atoms with van der Waals surface area (Å²) in [5, 5.41) is 3.52. The van der Waals surface area contributed by atoms with Crippen molar-refractivity contribution in [1.82, 2.24) is 4.57 Å². The molecule has 1 aliphatic heterocycles. The lowest BCUT2D eigenvalue weighted by Crippen LogP contribution is -2.27. The molecule has 1 fully saturated rings. The minimum atomic E-state index is -0.556. The van der Waals surface area contributed by atoms with Crippen LogP contribution in [0.5, 0.6) is 0 Å². The number of anilines is 2. The normalized spacial score (nSPS) is 13.7. The van der Waals surface area contributed by atoms with Gasteiger partial charge in [0.15, 0.2) is 6.61 Å². The van der Waals surface area contributed by atoms with Crippen LogP contribution < -0.4 is 10.2 Å². The Morgan fingerprint density at radius 2 is 1.86 bits per heavy atom. The molecule has 0 spiro atoms. The lowest BCUT2D eigenvalue weighted by molar-refractivity contribution is -0.119. The molecule has 2 amide bonds. The van der Waals surface area contributed by atoms with E-state index >= 15 is 0 Å². The number of amides is 2. The first kappa shape index (κ1) is 18.7. The number of carbonyl (C=O) groups excluding carboxylic acids is 3. The molecule has 4 rings (SSSR count). The molecular formula is C22H21N3O4. The van der Waals surface area contributed by atoms with Crippen LogP contribution >= 0.6 is 0 Å². The van der Waals surface area contributed by atoms with E-state index in [2.05, 4.69) is 5.32 Å². The van der Waals surface area contributed by atoms with Gasteiger partial charge in [0.25, 0.3) is 5.91 Å². The molecule has 0 radical (unpaired) electrons. The van der Waals surface area contributed by atoms with Crippen molar-refractivity contribution in [3.05, 3.63) is 60.3 Å². The number of ether oxygens (including phenoxy) is 1. The van der Waals surface area contributed by atoms with Crippen LogP contribution in [0.4, 0.5) is 11.4 Å². The topological polar surface area (TPSA) is 80.6 Å². The van der Waals surface area contributed by atoms with Crippen molar-refractivity contribution >= 4 is 40.1 Å². The summed E-state index contributed by atoms with van der Waals surface area (Å²) < 4.78 is 7.07. The highest BCUT2D eigenvalue weighted by Gasteiger charge is 2.24. The summed E-state index contributed by atoms with van der Waals surface area (Å²) in [5.74, 6) is -0.980. The number of hydrogen-bond acceptors (Lipinski definition) is 4. The summed E-state index contributed by atoms with van der Waals surface area (Å²) in [5.41, 5.74) is 2.50. The Hall–Kier alpha value is -3.61. The Kier molecular flexibility index (Phi) is 5.03. The maximum atomic E-state index is 12.5. The zero-order valence-electron chi connectivity index (χ0n) is 16.1. The summed E-state index contributed by atoms with van der Waals surface area (Å²) >= 11 is 0. The molecule has 2 heterocycles. The summed E-state index contributed by atoms with van der Waals surface area (Å²) in [4.78, 5) is 38.5. The Labute approximate surface area is 167 Å². The number of nitrogens with zero attached hydrogens (tertiary/aromatic N) is 2. The van der Waals surface area contributed by atoms with Crippen molar-refractivity contribution in [2.75, 3.05) is 23.4 Å². The third kappa shape index (κ3) is 3.71. The Bertz CT molecular complexity index is 1100. The summed E-state index contributed by atoms with van der Waals surface area (Å²) in [7, 11) is 1.85. The number of rotatable bonds is 5. The molecule has 29 heavy (non-hydrogen) atoms. The van der Waals surface area contributed by atoms with Crippen molar-refractivity contribution in [1.29, 1.82) is 0 Å². The van der Waals surface area contributed by atoms with Gasteiger partial charge >= 0.3 is 5.97 Å². The van der Waals surface area contributed by atoms with Gasteiger partial charge in [0, 0.05) is 37.1 Å². The second kappa shape index (κ2) is 7.79. The Balaban J connectivity index is 1.43. The number of benzene rings is 2. The van der Waals surface area contributed by atoms with Crippen molar-refractivity contribution in [3.63, 3.8) is 0 Å². The van der Waals surface area contributed by atoms with E-state index in [-0.39, 0.29) is 5.91 Å². The predicted octanol–water partition coefficient (Wildman–Crippen LogP) is 3.10. The highest BCUT2D eigenvalue weighted by atomic mass is 16.5. The fourth-order valence-electron chi connectivity index (χ4n) is 3.62. The van der Waals surface area contributed by atoms with Crippen molar-refractivity contribution < 1.29 is 19.1 Å². The Morgan fingerprint density at radius 3 is 2.66 bits per heavy atom. The number of aryl methyl sites for hydroxylation is 1. The largest absolute Gasteiger partial charge is 0.452 e. The van der Waals surface area contributed by atoms with Crippen LogP contribution in [0, 0.1) is 0 Å². The first-order chi connectivity index (χ1) is 14.0. The minimum Gasteiger partial charge on any atom is -0.452 e. The third-order valence-corrected chi connectivity index (χ3v) is 4.99. The Morgan fingerprint density at radius 1 is 1.10 bits per heavy atom. The van der Waals surface area contributed by atoms with Gasteiger partial charge in [-0.15, -0.1) is 0 Å². The molecule has 1 saturated heterocycles. The summed E-state index contributed by atoms with van der Waals surface area (Å²) in [6.45, 7) is 0.214. The predicted molar refractivity (Wildman–Crippen MR) is 110 cm³/mol. The van der Waals surface area contributed by atoms with Gasteiger partial charge in [-0.1, -0.05) is 30.3 Å². The third-order valence-electron chi connectivity index (χ3n) is 4.99. The van der Waals surface area contributed by atoms with Gasteiger partial charge in [0.2, 0.25) is 5.91 Å². The SMILES string of the molecule is Cn1cc(C(=O)OCC(=O)Nc2ccccc2N2CCCC2=O)c2ccccc21. The van der Waals surface area contributed by atoms with Crippen LogP contribution in [-0.2, 0) is 21.4 Å². The number of carbonyl (C=O) groups is 3. The number of fused-ring (bicyclic) bond motifs is 1. The van der Waals surface area contributed by atoms with Gasteiger partial charge in [0.1, 0.15) is 0 Å². The van der Waals surface area contributed by atoms with Gasteiger partial charge in [-0.05, 0) is 24.6 Å². The molecule has 0 aliphatic carbocycles. The number of aromatic nitrogens is 1. The molecule has 0 atom stereocenters. The molecule has 1 aromatic heterocycles. The average Bonchev–Trinajstić information content (AvgIpc) is 3.30. The molecule has 0 unspecified atom stereocenters. The molecule has 3 aromatic rings. The van der Waals surface area contributed by atoms with E-state index in [1.165, 1.54) is 0 Å². The van der Waals surface area contributed by atoms with E-state index in [9.17, 15) is 14.4 Å². The molecular weight excluding hydrogens is 370 g/mol. The van der Waals surface area contributed by atoms with E-state index < -0.39 is 18.5 Å². The lowest BCUT2D eigenvalue weighted by Gasteiger charge is -2.19. The van der Waals surface area contributed by atoms with Gasteiger partial charge in [-0.25, -0.2) is 4.79 Å². The van der Waals surface area contributed by atoms with Crippen molar-refractivity contribution in [3.8, 4) is 0 Å². The minimum absolute atomic E-state index is 0.0362. The summed E-state index contributed by atoms with van der Waals surface area (Å²) in [6.07, 6.45) is 2.99. The van der Waals surface area contributed by atoms with Gasteiger partial charge < -0.3 is 19.5 Å². The fraction of sp³-hybridized carbons (Fsp3) is 0.227. The fourth-order valence-corrected chi connectivity index (χ4v) is 3.62. The van der Waals surface area contributed by atoms with Gasteiger partial charge in [-0.3, -0.25) is 9.59 Å². The van der Waals surface area contributed by atoms with E-state index in [0.29, 0.717) is 29.9 Å². The first-order valence-corrected chi connectivity index (χ1v) is 9.45. The second-order valence-electron chi connectivity index (χ2n) is 6.96. The molecule has 2 aromatic carbocycles. The van der Waals surface area contributed by atoms with Crippen LogP contribution in [0.3, 0.4) is 0 Å². The average molecular weight is 391 g/mol. The maximum absolute atomic E-state index is 12.5. The van der Waals surface area contributed by atoms with Crippen LogP contribution in [0.15, 0.2) is 54.7 Å². The number of hydrogen-bond donors (Lipinski definition) is 1. The smallest absolute Gasteiger partial charge is 0.340 e. The summed E-state index contributed by atoms with van der Waals surface area (Å²) in [6, 6.07) is 14.6.